The Bertz CT molecular complexity index is 220. The Morgan fingerprint density at radius 3 is 2.13 bits per heavy atom. The smallest absolute Gasteiger partial charge is 0.336 e. The number of esters is 1. The fourth-order valence-electron chi connectivity index (χ4n) is 0.824. The third kappa shape index (κ3) is 3.93. The molecule has 0 rings (SSSR count). The molecule has 0 aliphatic heterocycles. The Balaban J connectivity index is 4.62. The van der Waals surface area contributed by atoms with E-state index in [1.54, 1.807) is 0 Å². The molecule has 1 atom stereocenters. The summed E-state index contributed by atoms with van der Waals surface area (Å²) < 4.78 is 10.3. The minimum atomic E-state index is -2.03. The van der Waals surface area contributed by atoms with Gasteiger partial charge in [-0.05, 0) is 18.1 Å². The fraction of sp³-hybridized carbons (Fsp3) is 0.900. The van der Waals surface area contributed by atoms with Crippen LogP contribution in [0.25, 0.3) is 0 Å². The van der Waals surface area contributed by atoms with Gasteiger partial charge in [0.2, 0.25) is 0 Å². The highest BCUT2D eigenvalue weighted by molar-refractivity contribution is 6.74. The SMILES string of the molecule is COC(=O)[C@H](CO)O[Si](C)(C)C(C)(C)C. The molecule has 0 spiro atoms. The summed E-state index contributed by atoms with van der Waals surface area (Å²) in [6.07, 6.45) is -0.851. The van der Waals surface area contributed by atoms with Crippen LogP contribution >= 0.6 is 0 Å². The van der Waals surface area contributed by atoms with Gasteiger partial charge in [-0.25, -0.2) is 4.79 Å². The van der Waals surface area contributed by atoms with Crippen molar-refractivity contribution in [3.05, 3.63) is 0 Å². The lowest BCUT2D eigenvalue weighted by molar-refractivity contribution is -0.151. The predicted molar refractivity (Wildman–Crippen MR) is 61.2 cm³/mol. The van der Waals surface area contributed by atoms with Gasteiger partial charge in [-0.1, -0.05) is 20.8 Å². The van der Waals surface area contributed by atoms with Crippen LogP contribution in [0.3, 0.4) is 0 Å². The van der Waals surface area contributed by atoms with Crippen molar-refractivity contribution in [1.82, 2.24) is 0 Å². The summed E-state index contributed by atoms with van der Waals surface area (Å²) in [5, 5.41) is 9.06. The monoisotopic (exact) mass is 234 g/mol. The molecule has 0 radical (unpaired) electrons. The minimum absolute atomic E-state index is 0.00837. The first-order valence-corrected chi connectivity index (χ1v) is 7.93. The van der Waals surface area contributed by atoms with Crippen molar-refractivity contribution >= 4 is 14.3 Å². The summed E-state index contributed by atoms with van der Waals surface area (Å²) in [6.45, 7) is 9.94. The third-order valence-corrected chi connectivity index (χ3v) is 7.36. The van der Waals surface area contributed by atoms with E-state index in [1.165, 1.54) is 7.11 Å². The van der Waals surface area contributed by atoms with Crippen LogP contribution in [0.15, 0.2) is 0 Å². The van der Waals surface area contributed by atoms with Gasteiger partial charge in [-0.2, -0.15) is 0 Å². The lowest BCUT2D eigenvalue weighted by Gasteiger charge is -2.38. The number of rotatable bonds is 4. The summed E-state index contributed by atoms with van der Waals surface area (Å²) in [5.74, 6) is -0.512. The van der Waals surface area contributed by atoms with E-state index in [0.29, 0.717) is 0 Å². The van der Waals surface area contributed by atoms with Crippen LogP contribution in [-0.2, 0) is 14.0 Å². The standard InChI is InChI=1S/C10H22O4Si/c1-10(2,3)15(5,6)14-8(7-11)9(12)13-4/h8,11H,7H2,1-6H3/t8-/m0/s1. The first-order chi connectivity index (χ1) is 6.65. The number of carbonyl (C=O) groups is 1. The van der Waals surface area contributed by atoms with Gasteiger partial charge in [0.25, 0.3) is 0 Å². The number of aliphatic hydroxyl groups is 1. The molecular formula is C10H22O4Si. The number of methoxy groups -OCH3 is 1. The maximum absolute atomic E-state index is 11.3. The number of ether oxygens (including phenoxy) is 1. The summed E-state index contributed by atoms with van der Waals surface area (Å²) in [5.41, 5.74) is 0. The molecule has 0 aromatic heterocycles. The first kappa shape index (κ1) is 14.6. The zero-order valence-corrected chi connectivity index (χ0v) is 11.5. The third-order valence-electron chi connectivity index (χ3n) is 2.87. The molecule has 0 unspecified atom stereocenters. The molecule has 4 nitrogen and oxygen atoms in total. The number of aliphatic hydroxyl groups excluding tert-OH is 1. The summed E-state index contributed by atoms with van der Waals surface area (Å²) >= 11 is 0. The van der Waals surface area contributed by atoms with Crippen molar-refractivity contribution in [1.29, 1.82) is 0 Å². The maximum Gasteiger partial charge on any atom is 0.336 e. The van der Waals surface area contributed by atoms with E-state index >= 15 is 0 Å². The molecule has 0 aliphatic rings. The van der Waals surface area contributed by atoms with E-state index < -0.39 is 20.4 Å². The fourth-order valence-corrected chi connectivity index (χ4v) is 2.06. The van der Waals surface area contributed by atoms with E-state index in [1.807, 2.05) is 13.1 Å². The lowest BCUT2D eigenvalue weighted by Crippen LogP contribution is -2.47. The van der Waals surface area contributed by atoms with Gasteiger partial charge in [0, 0.05) is 0 Å². The topological polar surface area (TPSA) is 55.8 Å². The largest absolute Gasteiger partial charge is 0.467 e. The van der Waals surface area contributed by atoms with Crippen LogP contribution in [0.5, 0.6) is 0 Å². The minimum Gasteiger partial charge on any atom is -0.467 e. The van der Waals surface area contributed by atoms with Crippen LogP contribution in [-0.4, -0.2) is 39.2 Å². The Morgan fingerprint density at radius 1 is 1.40 bits per heavy atom. The van der Waals surface area contributed by atoms with Crippen LogP contribution < -0.4 is 0 Å². The molecule has 0 saturated carbocycles. The van der Waals surface area contributed by atoms with Gasteiger partial charge in [0.05, 0.1) is 13.7 Å². The highest BCUT2D eigenvalue weighted by Crippen LogP contribution is 2.37. The second kappa shape index (κ2) is 5.09. The second-order valence-corrected chi connectivity index (χ2v) is 9.83. The molecule has 0 amide bonds. The molecule has 0 aromatic rings. The van der Waals surface area contributed by atoms with Crippen LogP contribution in [0, 0.1) is 0 Å². The van der Waals surface area contributed by atoms with E-state index in [0.717, 1.165) is 0 Å². The van der Waals surface area contributed by atoms with Crippen molar-refractivity contribution in [2.75, 3.05) is 13.7 Å². The number of hydrogen-bond acceptors (Lipinski definition) is 4. The maximum atomic E-state index is 11.3. The number of carbonyl (C=O) groups excluding carboxylic acids is 1. The molecule has 0 heterocycles. The zero-order chi connectivity index (χ0) is 12.3. The molecule has 15 heavy (non-hydrogen) atoms. The van der Waals surface area contributed by atoms with Crippen LogP contribution in [0.4, 0.5) is 0 Å². The molecule has 0 bridgehead atoms. The Hall–Kier alpha value is -0.393. The molecule has 90 valence electrons. The summed E-state index contributed by atoms with van der Waals surface area (Å²) in [6, 6.07) is 0. The Labute approximate surface area is 92.7 Å². The molecular weight excluding hydrogens is 212 g/mol. The van der Waals surface area contributed by atoms with Gasteiger partial charge in [0.15, 0.2) is 14.4 Å². The summed E-state index contributed by atoms with van der Waals surface area (Å²) in [4.78, 5) is 11.3. The predicted octanol–water partition coefficient (Wildman–Crippen LogP) is 1.54. The van der Waals surface area contributed by atoms with Crippen LogP contribution in [0.2, 0.25) is 18.1 Å². The lowest BCUT2D eigenvalue weighted by atomic mass is 10.2. The van der Waals surface area contributed by atoms with E-state index in [4.69, 9.17) is 9.53 Å². The Kier molecular flexibility index (Phi) is 4.96. The van der Waals surface area contributed by atoms with Gasteiger partial charge < -0.3 is 14.3 Å². The first-order valence-electron chi connectivity index (χ1n) is 5.02. The van der Waals surface area contributed by atoms with E-state index in [-0.39, 0.29) is 11.6 Å². The van der Waals surface area contributed by atoms with Crippen LogP contribution in [0.1, 0.15) is 20.8 Å². The van der Waals surface area contributed by atoms with Crippen molar-refractivity contribution < 1.29 is 19.1 Å². The molecule has 0 aromatic carbocycles. The zero-order valence-electron chi connectivity index (χ0n) is 10.5. The molecule has 0 aliphatic carbocycles. The molecule has 0 saturated heterocycles. The van der Waals surface area contributed by atoms with Crippen molar-refractivity contribution in [2.24, 2.45) is 0 Å². The normalized spacial score (nSPS) is 14.9. The van der Waals surface area contributed by atoms with Gasteiger partial charge in [-0.3, -0.25) is 0 Å². The highest BCUT2D eigenvalue weighted by atomic mass is 28.4. The Morgan fingerprint density at radius 2 is 1.87 bits per heavy atom. The van der Waals surface area contributed by atoms with E-state index in [9.17, 15) is 4.79 Å². The molecule has 0 fully saturated rings. The molecule has 1 N–H and O–H groups in total. The van der Waals surface area contributed by atoms with E-state index in [2.05, 4.69) is 25.5 Å². The summed E-state index contributed by atoms with van der Waals surface area (Å²) in [7, 11) is -0.737. The van der Waals surface area contributed by atoms with Gasteiger partial charge in [-0.15, -0.1) is 0 Å². The quantitative estimate of drug-likeness (QED) is 0.592. The van der Waals surface area contributed by atoms with Gasteiger partial charge >= 0.3 is 5.97 Å². The number of hydrogen-bond donors (Lipinski definition) is 1. The molecule has 5 heteroatoms. The average molecular weight is 234 g/mol. The van der Waals surface area contributed by atoms with Crippen molar-refractivity contribution in [2.45, 2.75) is 45.0 Å². The average Bonchev–Trinajstić information content (AvgIpc) is 2.11. The van der Waals surface area contributed by atoms with Gasteiger partial charge in [0.1, 0.15) is 0 Å². The second-order valence-electron chi connectivity index (χ2n) is 5.07. The van der Waals surface area contributed by atoms with Crippen molar-refractivity contribution in [3.8, 4) is 0 Å². The highest BCUT2D eigenvalue weighted by Gasteiger charge is 2.40. The van der Waals surface area contributed by atoms with Crippen molar-refractivity contribution in [3.63, 3.8) is 0 Å².